The first-order valence-electron chi connectivity index (χ1n) is 5.42. The van der Waals surface area contributed by atoms with Crippen LogP contribution >= 0.6 is 19.8 Å². The molecule has 0 N–H and O–H groups in total. The molecule has 1 aromatic carbocycles. The SMILES string of the molecule is CCOC(C)(OCC)c1ccccc1SP. The van der Waals surface area contributed by atoms with Gasteiger partial charge >= 0.3 is 0 Å². The minimum absolute atomic E-state index is 0.631. The highest BCUT2D eigenvalue weighted by Gasteiger charge is 2.29. The molecule has 1 aromatic rings. The number of ether oxygens (including phenoxy) is 2. The molecule has 0 bridgehead atoms. The summed E-state index contributed by atoms with van der Waals surface area (Å²) in [6.07, 6.45) is 0. The van der Waals surface area contributed by atoms with E-state index in [2.05, 4.69) is 20.6 Å². The molecule has 0 aliphatic rings. The zero-order chi connectivity index (χ0) is 12.0. The molecule has 0 saturated carbocycles. The van der Waals surface area contributed by atoms with Crippen molar-refractivity contribution in [2.45, 2.75) is 31.5 Å². The van der Waals surface area contributed by atoms with Crippen molar-refractivity contribution in [3.63, 3.8) is 0 Å². The van der Waals surface area contributed by atoms with E-state index in [1.54, 1.807) is 11.4 Å². The lowest BCUT2D eigenvalue weighted by Crippen LogP contribution is -2.30. The lowest BCUT2D eigenvalue weighted by Gasteiger charge is -2.31. The van der Waals surface area contributed by atoms with E-state index in [-0.39, 0.29) is 0 Å². The van der Waals surface area contributed by atoms with Crippen LogP contribution in [0.1, 0.15) is 26.3 Å². The lowest BCUT2D eigenvalue weighted by molar-refractivity contribution is -0.231. The predicted molar refractivity (Wildman–Crippen MR) is 72.6 cm³/mol. The monoisotopic (exact) mass is 258 g/mol. The molecule has 4 heteroatoms. The zero-order valence-electron chi connectivity index (χ0n) is 10.0. The summed E-state index contributed by atoms with van der Waals surface area (Å²) in [5, 5.41) is 0. The number of hydrogen-bond acceptors (Lipinski definition) is 3. The van der Waals surface area contributed by atoms with Crippen LogP contribution in [-0.2, 0) is 15.3 Å². The quantitative estimate of drug-likeness (QED) is 0.571. The Labute approximate surface area is 104 Å². The van der Waals surface area contributed by atoms with Crippen LogP contribution in [0.2, 0.25) is 0 Å². The van der Waals surface area contributed by atoms with E-state index in [4.69, 9.17) is 9.47 Å². The third-order valence-corrected chi connectivity index (χ3v) is 3.71. The fourth-order valence-corrected chi connectivity index (χ4v) is 2.85. The van der Waals surface area contributed by atoms with Gasteiger partial charge in [0.15, 0.2) is 5.79 Å². The summed E-state index contributed by atoms with van der Waals surface area (Å²) in [6.45, 7) is 7.19. The second kappa shape index (κ2) is 6.61. The van der Waals surface area contributed by atoms with Crippen molar-refractivity contribution in [3.8, 4) is 0 Å². The van der Waals surface area contributed by atoms with Crippen LogP contribution in [0.5, 0.6) is 0 Å². The van der Waals surface area contributed by atoms with Crippen LogP contribution < -0.4 is 0 Å². The lowest BCUT2D eigenvalue weighted by atomic mass is 10.1. The molecule has 1 unspecified atom stereocenters. The van der Waals surface area contributed by atoms with Crippen molar-refractivity contribution >= 4 is 19.8 Å². The summed E-state index contributed by atoms with van der Waals surface area (Å²) in [5.41, 5.74) is 1.08. The van der Waals surface area contributed by atoms with Crippen molar-refractivity contribution in [1.29, 1.82) is 0 Å². The molecule has 0 amide bonds. The Morgan fingerprint density at radius 1 is 1.19 bits per heavy atom. The topological polar surface area (TPSA) is 18.5 Å². The molecule has 1 rings (SSSR count). The molecule has 90 valence electrons. The van der Waals surface area contributed by atoms with Crippen molar-refractivity contribution in [3.05, 3.63) is 29.8 Å². The van der Waals surface area contributed by atoms with Crippen LogP contribution in [0.3, 0.4) is 0 Å². The summed E-state index contributed by atoms with van der Waals surface area (Å²) in [5.74, 6) is -0.649. The first kappa shape index (κ1) is 14.0. The van der Waals surface area contributed by atoms with Gasteiger partial charge < -0.3 is 9.47 Å². The maximum atomic E-state index is 5.75. The Bertz CT molecular complexity index is 325. The van der Waals surface area contributed by atoms with Gasteiger partial charge in [-0.3, -0.25) is 0 Å². The fraction of sp³-hybridized carbons (Fsp3) is 0.500. The first-order valence-corrected chi connectivity index (χ1v) is 7.71. The molecule has 0 saturated heterocycles. The molecule has 0 fully saturated rings. The van der Waals surface area contributed by atoms with Crippen LogP contribution in [0, 0.1) is 0 Å². The van der Waals surface area contributed by atoms with Crippen LogP contribution in [-0.4, -0.2) is 13.2 Å². The maximum Gasteiger partial charge on any atom is 0.192 e. The number of hydrogen-bond donors (Lipinski definition) is 0. The minimum Gasteiger partial charge on any atom is -0.346 e. The Balaban J connectivity index is 3.09. The highest BCUT2D eigenvalue weighted by Crippen LogP contribution is 2.37. The van der Waals surface area contributed by atoms with Gasteiger partial charge in [-0.2, -0.15) is 0 Å². The van der Waals surface area contributed by atoms with E-state index in [0.717, 1.165) is 10.5 Å². The molecule has 0 aliphatic carbocycles. The van der Waals surface area contributed by atoms with Crippen LogP contribution in [0.15, 0.2) is 29.2 Å². The minimum atomic E-state index is -0.649. The highest BCUT2D eigenvalue weighted by molar-refractivity contribution is 8.43. The smallest absolute Gasteiger partial charge is 0.192 e. The molecule has 0 aromatic heterocycles. The Hall–Kier alpha value is -0.0800. The van der Waals surface area contributed by atoms with E-state index >= 15 is 0 Å². The van der Waals surface area contributed by atoms with Gasteiger partial charge in [0.2, 0.25) is 0 Å². The summed E-state index contributed by atoms with van der Waals surface area (Å²) in [4.78, 5) is 1.16. The summed E-state index contributed by atoms with van der Waals surface area (Å²) in [6, 6.07) is 8.16. The maximum absolute atomic E-state index is 5.75. The van der Waals surface area contributed by atoms with Gasteiger partial charge in [0.25, 0.3) is 0 Å². The van der Waals surface area contributed by atoms with Gasteiger partial charge in [0, 0.05) is 23.7 Å². The van der Waals surface area contributed by atoms with Gasteiger partial charge in [0.1, 0.15) is 0 Å². The summed E-state index contributed by atoms with van der Waals surface area (Å²) in [7, 11) is 2.66. The summed E-state index contributed by atoms with van der Waals surface area (Å²) < 4.78 is 11.5. The molecule has 0 heterocycles. The summed E-state index contributed by atoms with van der Waals surface area (Å²) >= 11 is 1.63. The van der Waals surface area contributed by atoms with Gasteiger partial charge in [-0.15, -0.1) is 11.4 Å². The second-order valence-corrected chi connectivity index (χ2v) is 4.81. The standard InChI is InChI=1S/C12H19O2PS/c1-4-13-12(3,14-5-2)10-8-6-7-9-11(10)16-15/h6-9H,4-5,15H2,1-3H3. The van der Waals surface area contributed by atoms with Crippen molar-refractivity contribution in [2.75, 3.05) is 13.2 Å². The molecular formula is C12H19O2PS. The molecule has 2 nitrogen and oxygen atoms in total. The normalized spacial score (nSPS) is 11.8. The third-order valence-electron chi connectivity index (χ3n) is 2.34. The molecule has 0 aliphatic heterocycles. The Morgan fingerprint density at radius 3 is 2.25 bits per heavy atom. The van der Waals surface area contributed by atoms with E-state index in [1.807, 2.05) is 32.9 Å². The largest absolute Gasteiger partial charge is 0.346 e. The van der Waals surface area contributed by atoms with Crippen molar-refractivity contribution < 1.29 is 9.47 Å². The first-order chi connectivity index (χ1) is 7.68. The van der Waals surface area contributed by atoms with Crippen molar-refractivity contribution in [1.82, 2.24) is 0 Å². The number of rotatable bonds is 6. The van der Waals surface area contributed by atoms with Gasteiger partial charge in [0.05, 0.1) is 0 Å². The molecule has 16 heavy (non-hydrogen) atoms. The average molecular weight is 258 g/mol. The fourth-order valence-electron chi connectivity index (χ4n) is 1.69. The predicted octanol–water partition coefficient (Wildman–Crippen LogP) is 3.81. The zero-order valence-corrected chi connectivity index (χ0v) is 12.0. The Kier molecular flexibility index (Phi) is 5.77. The Morgan fingerprint density at radius 2 is 1.75 bits per heavy atom. The second-order valence-electron chi connectivity index (χ2n) is 3.43. The van der Waals surface area contributed by atoms with E-state index in [0.29, 0.717) is 13.2 Å². The van der Waals surface area contributed by atoms with Crippen molar-refractivity contribution in [2.24, 2.45) is 0 Å². The third kappa shape index (κ3) is 3.21. The average Bonchev–Trinajstić information content (AvgIpc) is 2.29. The van der Waals surface area contributed by atoms with Gasteiger partial charge in [-0.1, -0.05) is 26.6 Å². The van der Waals surface area contributed by atoms with Crippen LogP contribution in [0.25, 0.3) is 0 Å². The molecule has 0 spiro atoms. The van der Waals surface area contributed by atoms with E-state index < -0.39 is 5.79 Å². The number of benzene rings is 1. The van der Waals surface area contributed by atoms with Gasteiger partial charge in [-0.25, -0.2) is 0 Å². The van der Waals surface area contributed by atoms with E-state index in [9.17, 15) is 0 Å². The van der Waals surface area contributed by atoms with Gasteiger partial charge in [-0.05, 0) is 26.8 Å². The molecular weight excluding hydrogens is 239 g/mol. The highest BCUT2D eigenvalue weighted by atomic mass is 32.7. The molecule has 0 radical (unpaired) electrons. The van der Waals surface area contributed by atoms with Crippen LogP contribution in [0.4, 0.5) is 0 Å². The van der Waals surface area contributed by atoms with E-state index in [1.165, 1.54) is 0 Å². The molecule has 1 atom stereocenters.